The van der Waals surface area contributed by atoms with Crippen molar-refractivity contribution in [1.82, 2.24) is 0 Å². The molecule has 21 heavy (non-hydrogen) atoms. The van der Waals surface area contributed by atoms with Crippen LogP contribution < -0.4 is 4.40 Å². The molecule has 2 aromatic rings. The summed E-state index contributed by atoms with van der Waals surface area (Å²) in [5, 5.41) is 0. The van der Waals surface area contributed by atoms with Gasteiger partial charge < -0.3 is 14.9 Å². The van der Waals surface area contributed by atoms with Crippen molar-refractivity contribution < 1.29 is 21.7 Å². The molecule has 0 bridgehead atoms. The summed E-state index contributed by atoms with van der Waals surface area (Å²) in [6.45, 7) is 0. The average molecular weight is 443 g/mol. The quantitative estimate of drug-likeness (QED) is 0.397. The number of rotatable bonds is 1. The predicted molar refractivity (Wildman–Crippen MR) is 103 cm³/mol. The molecule has 0 spiro atoms. The van der Waals surface area contributed by atoms with Crippen molar-refractivity contribution in [1.29, 1.82) is 0 Å². The Labute approximate surface area is 156 Å². The third-order valence-corrected chi connectivity index (χ3v) is 6.42. The SMILES string of the molecule is [CH3-].[CH3-].[CH3][Ge]([CH3])([CH3])[c-]1cccc1.[CH3][Ge]([CH3])[CH3].[Ti+4].c1cc[cH-]c1. The van der Waals surface area contributed by atoms with Gasteiger partial charge in [0.05, 0.1) is 0 Å². The molecule has 0 unspecified atom stereocenters. The minimum absolute atomic E-state index is 0. The Hall–Kier alpha value is 0.500. The van der Waals surface area contributed by atoms with Gasteiger partial charge in [0.25, 0.3) is 0 Å². The van der Waals surface area contributed by atoms with Gasteiger partial charge in [0.15, 0.2) is 0 Å². The summed E-state index contributed by atoms with van der Waals surface area (Å²) in [6.07, 6.45) is 0. The van der Waals surface area contributed by atoms with E-state index in [1.807, 2.05) is 30.3 Å². The van der Waals surface area contributed by atoms with E-state index in [1.165, 1.54) is 0 Å². The zero-order valence-electron chi connectivity index (χ0n) is 15.2. The van der Waals surface area contributed by atoms with Crippen molar-refractivity contribution in [2.75, 3.05) is 0 Å². The summed E-state index contributed by atoms with van der Waals surface area (Å²) in [5.41, 5.74) is 0. The summed E-state index contributed by atoms with van der Waals surface area (Å²) in [4.78, 5) is 0. The minimum atomic E-state index is -1.44. The Morgan fingerprint density at radius 1 is 0.810 bits per heavy atom. The second-order valence-electron chi connectivity index (χ2n) is 5.89. The Bertz CT molecular complexity index is 336. The van der Waals surface area contributed by atoms with Crippen LogP contribution in [-0.4, -0.2) is 27.6 Å². The van der Waals surface area contributed by atoms with Crippen molar-refractivity contribution in [2.24, 2.45) is 0 Å². The monoisotopic (exact) mass is 445 g/mol. The van der Waals surface area contributed by atoms with Crippen molar-refractivity contribution in [3.05, 3.63) is 69.5 Å². The molecule has 0 N–H and O–H groups in total. The van der Waals surface area contributed by atoms with Crippen molar-refractivity contribution in [2.45, 2.75) is 34.5 Å². The largest absolute Gasteiger partial charge is 4.00 e. The van der Waals surface area contributed by atoms with Crippen LogP contribution in [0.2, 0.25) is 34.5 Å². The van der Waals surface area contributed by atoms with Crippen molar-refractivity contribution in [3.8, 4) is 0 Å². The third-order valence-electron chi connectivity index (χ3n) is 2.08. The molecule has 0 aliphatic rings. The summed E-state index contributed by atoms with van der Waals surface area (Å²) >= 11 is -1.77. The van der Waals surface area contributed by atoms with Crippen LogP contribution in [0.15, 0.2) is 54.6 Å². The van der Waals surface area contributed by atoms with Gasteiger partial charge in [-0.1, -0.05) is 0 Å². The van der Waals surface area contributed by atoms with E-state index in [9.17, 15) is 0 Å². The standard InChI is InChI=1S/C8H13Ge.C5H5.C3H9Ge.2CH3.Ti/c1-9(2,3)8-6-4-5-7-8;1-2-4-5-3-1;1-4(2)3;;;/h4-7H,1-3H3;1-5H;1-3H3;2*1H3;/q2*-1;;2*-1;+4. The maximum absolute atomic E-state index is 2.41. The van der Waals surface area contributed by atoms with Gasteiger partial charge in [-0.3, -0.25) is 0 Å². The fourth-order valence-electron chi connectivity index (χ4n) is 1.19. The van der Waals surface area contributed by atoms with E-state index in [4.69, 9.17) is 0 Å². The van der Waals surface area contributed by atoms with E-state index in [-0.39, 0.29) is 50.9 Å². The second kappa shape index (κ2) is 16.9. The van der Waals surface area contributed by atoms with Crippen LogP contribution in [0.25, 0.3) is 0 Å². The van der Waals surface area contributed by atoms with Gasteiger partial charge in [-0.25, -0.2) is 12.1 Å². The molecule has 2 aromatic carbocycles. The molecule has 0 heterocycles. The fraction of sp³-hybridized carbons (Fsp3) is 0.333. The normalized spacial score (nSPS) is 8.71. The summed E-state index contributed by atoms with van der Waals surface area (Å²) in [7, 11) is 0. The van der Waals surface area contributed by atoms with Crippen LogP contribution >= 0.6 is 0 Å². The first-order valence-corrected chi connectivity index (χ1v) is 20.1. The molecule has 0 amide bonds. The van der Waals surface area contributed by atoms with Crippen LogP contribution in [0.1, 0.15) is 0 Å². The van der Waals surface area contributed by atoms with Crippen LogP contribution in [0.4, 0.5) is 0 Å². The van der Waals surface area contributed by atoms with E-state index >= 15 is 0 Å². The summed E-state index contributed by atoms with van der Waals surface area (Å²) in [5.74, 6) is 14.2. The molecular weight excluding hydrogens is 409 g/mol. The first-order valence-electron chi connectivity index (χ1n) is 6.49. The molecule has 0 saturated carbocycles. The van der Waals surface area contributed by atoms with Gasteiger partial charge in [0, 0.05) is 0 Å². The smallest absolute Gasteiger partial charge is 0.214 e. The molecule has 0 fully saturated rings. The molecule has 117 valence electrons. The molecule has 3 heteroatoms. The Morgan fingerprint density at radius 2 is 1.14 bits per heavy atom. The molecule has 0 saturated heterocycles. The molecule has 0 aliphatic carbocycles. The first kappa shape index (κ1) is 29.5. The summed E-state index contributed by atoms with van der Waals surface area (Å²) in [6, 6.07) is 18.8. The van der Waals surface area contributed by atoms with E-state index in [0.29, 0.717) is 0 Å². The minimum Gasteiger partial charge on any atom is -0.214 e. The van der Waals surface area contributed by atoms with Crippen LogP contribution in [0.5, 0.6) is 0 Å². The maximum atomic E-state index is 2.41. The van der Waals surface area contributed by atoms with E-state index in [2.05, 4.69) is 58.8 Å². The third kappa shape index (κ3) is 20.5. The van der Waals surface area contributed by atoms with Gasteiger partial charge in [-0.05, 0) is 0 Å². The number of hydrogen-bond acceptors (Lipinski definition) is 0. The zero-order chi connectivity index (χ0) is 14.0. The molecule has 0 aliphatic heterocycles. The van der Waals surface area contributed by atoms with E-state index < -0.39 is 13.3 Å². The van der Waals surface area contributed by atoms with Crippen LogP contribution in [0.3, 0.4) is 0 Å². The van der Waals surface area contributed by atoms with Gasteiger partial charge in [-0.15, -0.1) is 0 Å². The van der Waals surface area contributed by atoms with E-state index in [1.54, 1.807) is 4.40 Å². The van der Waals surface area contributed by atoms with Gasteiger partial charge in [0.1, 0.15) is 0 Å². The Balaban J connectivity index is -0.000000105. The topological polar surface area (TPSA) is 0 Å². The molecule has 2 rings (SSSR count). The van der Waals surface area contributed by atoms with Crippen molar-refractivity contribution in [3.63, 3.8) is 0 Å². The maximum Gasteiger partial charge on any atom is 4.00 e. The molecule has 1 radical (unpaired) electrons. The van der Waals surface area contributed by atoms with Gasteiger partial charge in [-0.2, -0.15) is 18.2 Å². The Kier molecular flexibility index (Phi) is 23.7. The van der Waals surface area contributed by atoms with E-state index in [0.717, 1.165) is 0 Å². The fourth-order valence-corrected chi connectivity index (χ4v) is 3.70. The van der Waals surface area contributed by atoms with Gasteiger partial charge in [0.2, 0.25) is 0 Å². The molecule has 0 atom stereocenters. The molecule has 0 aromatic heterocycles. The van der Waals surface area contributed by atoms with Gasteiger partial charge >= 0.3 is 113 Å². The average Bonchev–Trinajstić information content (AvgIpc) is 2.93. The second-order valence-corrected chi connectivity index (χ2v) is 22.8. The van der Waals surface area contributed by atoms with Crippen LogP contribution in [-0.2, 0) is 21.7 Å². The molecule has 0 nitrogen and oxygen atoms in total. The first-order chi connectivity index (χ1) is 8.34. The predicted octanol–water partition coefficient (Wildman–Crippen LogP) is 5.62. The molecular formula is C18H33Ge2Ti. The zero-order valence-corrected chi connectivity index (χ0v) is 21.0. The number of hydrogen-bond donors (Lipinski definition) is 0. The Morgan fingerprint density at radius 3 is 1.29 bits per heavy atom. The van der Waals surface area contributed by atoms with Crippen molar-refractivity contribution >= 4 is 32.0 Å². The summed E-state index contributed by atoms with van der Waals surface area (Å²) < 4.78 is 1.61. The van der Waals surface area contributed by atoms with Crippen LogP contribution in [0, 0.1) is 14.9 Å².